The van der Waals surface area contributed by atoms with Gasteiger partial charge in [0.15, 0.2) is 11.5 Å². The van der Waals surface area contributed by atoms with Crippen LogP contribution in [0.3, 0.4) is 0 Å². The van der Waals surface area contributed by atoms with Crippen LogP contribution >= 0.6 is 0 Å². The molecule has 24 heavy (non-hydrogen) atoms. The Hall–Kier alpha value is -2.39. The SMILES string of the molecule is CC(CC(F)(F)F)C(=O)N1CCN(c2ccc(C(=O)O)nn2)CC1. The fourth-order valence-electron chi connectivity index (χ4n) is 2.51. The van der Waals surface area contributed by atoms with E-state index in [4.69, 9.17) is 5.11 Å². The number of alkyl halides is 3. The number of hydrogen-bond acceptors (Lipinski definition) is 5. The van der Waals surface area contributed by atoms with Crippen molar-refractivity contribution in [1.82, 2.24) is 15.1 Å². The number of piperazine rings is 1. The Labute approximate surface area is 136 Å². The predicted octanol–water partition coefficient (Wildman–Crippen LogP) is 1.41. The summed E-state index contributed by atoms with van der Waals surface area (Å²) >= 11 is 0. The number of carboxylic acid groups (broad SMARTS) is 1. The number of amides is 1. The van der Waals surface area contributed by atoms with Gasteiger partial charge in [0.2, 0.25) is 5.91 Å². The zero-order valence-electron chi connectivity index (χ0n) is 13.0. The third-order valence-corrected chi connectivity index (χ3v) is 3.74. The van der Waals surface area contributed by atoms with Gasteiger partial charge in [-0.15, -0.1) is 10.2 Å². The van der Waals surface area contributed by atoms with Crippen LogP contribution in [0.25, 0.3) is 0 Å². The van der Waals surface area contributed by atoms with Crippen molar-refractivity contribution >= 4 is 17.7 Å². The molecule has 0 saturated carbocycles. The van der Waals surface area contributed by atoms with E-state index in [-0.39, 0.29) is 18.8 Å². The lowest BCUT2D eigenvalue weighted by atomic mass is 10.1. The first-order valence-corrected chi connectivity index (χ1v) is 7.35. The molecule has 1 aliphatic heterocycles. The van der Waals surface area contributed by atoms with E-state index < -0.39 is 30.4 Å². The Morgan fingerprint density at radius 3 is 2.29 bits per heavy atom. The molecule has 0 spiro atoms. The van der Waals surface area contributed by atoms with Crippen LogP contribution in [0.5, 0.6) is 0 Å². The third kappa shape index (κ3) is 4.56. The highest BCUT2D eigenvalue weighted by Gasteiger charge is 2.35. The fraction of sp³-hybridized carbons (Fsp3) is 0.571. The van der Waals surface area contributed by atoms with Crippen LogP contribution in [-0.4, -0.2) is 64.4 Å². The molecular formula is C14H17F3N4O3. The molecule has 132 valence electrons. The van der Waals surface area contributed by atoms with Gasteiger partial charge >= 0.3 is 12.1 Å². The van der Waals surface area contributed by atoms with Crippen molar-refractivity contribution in [3.05, 3.63) is 17.8 Å². The highest BCUT2D eigenvalue weighted by Crippen LogP contribution is 2.26. The predicted molar refractivity (Wildman–Crippen MR) is 77.6 cm³/mol. The van der Waals surface area contributed by atoms with E-state index in [2.05, 4.69) is 10.2 Å². The van der Waals surface area contributed by atoms with Crippen molar-refractivity contribution in [2.45, 2.75) is 19.5 Å². The lowest BCUT2D eigenvalue weighted by Gasteiger charge is -2.36. The molecule has 2 rings (SSSR count). The molecule has 1 saturated heterocycles. The first kappa shape index (κ1) is 18.0. The minimum absolute atomic E-state index is 0.173. The van der Waals surface area contributed by atoms with E-state index in [1.54, 1.807) is 4.90 Å². The minimum atomic E-state index is -4.36. The molecule has 0 radical (unpaired) electrons. The van der Waals surface area contributed by atoms with Crippen LogP contribution < -0.4 is 4.90 Å². The summed E-state index contributed by atoms with van der Waals surface area (Å²) in [7, 11) is 0. The van der Waals surface area contributed by atoms with Crippen molar-refractivity contribution in [2.75, 3.05) is 31.1 Å². The molecule has 1 aromatic heterocycles. The summed E-state index contributed by atoms with van der Waals surface area (Å²) < 4.78 is 37.1. The van der Waals surface area contributed by atoms with Crippen molar-refractivity contribution in [2.24, 2.45) is 5.92 Å². The topological polar surface area (TPSA) is 86.6 Å². The van der Waals surface area contributed by atoms with Gasteiger partial charge in [-0.3, -0.25) is 4.79 Å². The third-order valence-electron chi connectivity index (χ3n) is 3.74. The molecule has 2 heterocycles. The van der Waals surface area contributed by atoms with E-state index in [0.717, 1.165) is 0 Å². The number of hydrogen-bond donors (Lipinski definition) is 1. The number of aromatic carboxylic acids is 1. The van der Waals surface area contributed by atoms with Gasteiger partial charge in [0, 0.05) is 32.1 Å². The van der Waals surface area contributed by atoms with Gasteiger partial charge in [-0.25, -0.2) is 4.79 Å². The van der Waals surface area contributed by atoms with E-state index in [1.807, 2.05) is 0 Å². The van der Waals surface area contributed by atoms with Crippen molar-refractivity contribution in [3.8, 4) is 0 Å². The van der Waals surface area contributed by atoms with Crippen molar-refractivity contribution in [1.29, 1.82) is 0 Å². The van der Waals surface area contributed by atoms with Gasteiger partial charge in [0.1, 0.15) is 0 Å². The van der Waals surface area contributed by atoms with E-state index in [1.165, 1.54) is 24.0 Å². The van der Waals surface area contributed by atoms with E-state index in [0.29, 0.717) is 18.9 Å². The molecule has 1 aliphatic rings. The summed E-state index contributed by atoms with van der Waals surface area (Å²) in [6.45, 7) is 2.63. The maximum atomic E-state index is 12.4. The number of carbonyl (C=O) groups is 2. The Bertz CT molecular complexity index is 598. The van der Waals surface area contributed by atoms with Gasteiger partial charge in [-0.05, 0) is 12.1 Å². The smallest absolute Gasteiger partial charge is 0.389 e. The number of nitrogens with zero attached hydrogens (tertiary/aromatic N) is 4. The molecular weight excluding hydrogens is 329 g/mol. The summed E-state index contributed by atoms with van der Waals surface area (Å²) in [5.74, 6) is -2.33. The normalized spacial score (nSPS) is 16.8. The number of carbonyl (C=O) groups excluding carboxylic acids is 1. The summed E-state index contributed by atoms with van der Waals surface area (Å²) in [4.78, 5) is 26.0. The van der Waals surface area contributed by atoms with Crippen LogP contribution in [-0.2, 0) is 4.79 Å². The second-order valence-electron chi connectivity index (χ2n) is 5.61. The van der Waals surface area contributed by atoms with Crippen molar-refractivity contribution in [3.63, 3.8) is 0 Å². The number of aromatic nitrogens is 2. The summed E-state index contributed by atoms with van der Waals surface area (Å²) in [6, 6.07) is 2.84. The van der Waals surface area contributed by atoms with Gasteiger partial charge in [0.05, 0.1) is 6.42 Å². The Kier molecular flexibility index (Phi) is 5.25. The second kappa shape index (κ2) is 7.02. The quantitative estimate of drug-likeness (QED) is 0.887. The summed E-state index contributed by atoms with van der Waals surface area (Å²) in [6.07, 6.45) is -5.49. The number of halogens is 3. The maximum absolute atomic E-state index is 12.4. The van der Waals surface area contributed by atoms with Gasteiger partial charge in [0.25, 0.3) is 0 Å². The van der Waals surface area contributed by atoms with Crippen LogP contribution in [0.2, 0.25) is 0 Å². The lowest BCUT2D eigenvalue weighted by Crippen LogP contribution is -2.50. The zero-order valence-corrected chi connectivity index (χ0v) is 13.0. The Morgan fingerprint density at radius 1 is 1.21 bits per heavy atom. The van der Waals surface area contributed by atoms with Gasteiger partial charge in [-0.1, -0.05) is 6.92 Å². The lowest BCUT2D eigenvalue weighted by molar-refractivity contribution is -0.158. The molecule has 1 unspecified atom stereocenters. The number of rotatable bonds is 4. The fourth-order valence-corrected chi connectivity index (χ4v) is 2.51. The Morgan fingerprint density at radius 2 is 1.83 bits per heavy atom. The second-order valence-corrected chi connectivity index (χ2v) is 5.61. The Balaban J connectivity index is 1.91. The van der Waals surface area contributed by atoms with Crippen LogP contribution in [0.1, 0.15) is 23.8 Å². The summed E-state index contributed by atoms with van der Waals surface area (Å²) in [5.41, 5.74) is -0.173. The molecule has 1 atom stereocenters. The highest BCUT2D eigenvalue weighted by atomic mass is 19.4. The van der Waals surface area contributed by atoms with Crippen LogP contribution in [0, 0.1) is 5.92 Å². The van der Waals surface area contributed by atoms with Crippen LogP contribution in [0.4, 0.5) is 19.0 Å². The molecule has 1 aromatic rings. The standard InChI is InChI=1S/C14H17F3N4O3/c1-9(8-14(15,16)17)12(22)21-6-4-20(5-7-21)11-3-2-10(13(23)24)18-19-11/h2-3,9H,4-8H2,1H3,(H,23,24). The molecule has 1 fully saturated rings. The molecule has 0 aromatic carbocycles. The molecule has 10 heteroatoms. The van der Waals surface area contributed by atoms with Crippen molar-refractivity contribution < 1.29 is 27.9 Å². The number of anilines is 1. The van der Waals surface area contributed by atoms with Gasteiger partial charge < -0.3 is 14.9 Å². The molecule has 1 N–H and O–H groups in total. The molecule has 7 nitrogen and oxygen atoms in total. The average molecular weight is 346 g/mol. The first-order valence-electron chi connectivity index (χ1n) is 7.35. The average Bonchev–Trinajstić information content (AvgIpc) is 2.53. The van der Waals surface area contributed by atoms with E-state index >= 15 is 0 Å². The highest BCUT2D eigenvalue weighted by molar-refractivity contribution is 5.85. The molecule has 0 bridgehead atoms. The monoisotopic (exact) mass is 346 g/mol. The van der Waals surface area contributed by atoms with Gasteiger partial charge in [-0.2, -0.15) is 13.2 Å². The first-order chi connectivity index (χ1) is 11.2. The minimum Gasteiger partial charge on any atom is -0.476 e. The maximum Gasteiger partial charge on any atom is 0.389 e. The molecule has 1 amide bonds. The molecule has 0 aliphatic carbocycles. The summed E-state index contributed by atoms with van der Waals surface area (Å²) in [5, 5.41) is 16.2. The van der Waals surface area contributed by atoms with Crippen LogP contribution in [0.15, 0.2) is 12.1 Å². The zero-order chi connectivity index (χ0) is 17.9. The van der Waals surface area contributed by atoms with E-state index in [9.17, 15) is 22.8 Å². The number of carboxylic acids is 1. The largest absolute Gasteiger partial charge is 0.476 e.